The van der Waals surface area contributed by atoms with Crippen LogP contribution in [0, 0.1) is 23.5 Å². The Labute approximate surface area is 209 Å². The molecule has 0 spiro atoms. The fourth-order valence-electron chi connectivity index (χ4n) is 4.21. The Kier molecular flexibility index (Phi) is 8.78. The number of anilines is 1. The van der Waals surface area contributed by atoms with Gasteiger partial charge >= 0.3 is 6.03 Å². The molecule has 1 fully saturated rings. The number of carbonyl (C=O) groups excluding carboxylic acids is 3. The number of nitrogens with zero attached hydrogens (tertiary/aromatic N) is 3. The number of urea groups is 1. The van der Waals surface area contributed by atoms with E-state index in [0.29, 0.717) is 31.4 Å². The van der Waals surface area contributed by atoms with Gasteiger partial charge in [0.05, 0.1) is 0 Å². The topological polar surface area (TPSA) is 70.2 Å². The number of hydrogen-bond acceptors (Lipinski definition) is 4. The van der Waals surface area contributed by atoms with Crippen LogP contribution in [0.5, 0.6) is 0 Å². The van der Waals surface area contributed by atoms with E-state index in [2.05, 4.69) is 11.8 Å². The minimum Gasteiger partial charge on any atom is -0.385 e. The molecule has 2 aromatic rings. The summed E-state index contributed by atoms with van der Waals surface area (Å²) >= 11 is 0. The first kappa shape index (κ1) is 26.8. The van der Waals surface area contributed by atoms with Gasteiger partial charge in [-0.25, -0.2) is 13.6 Å². The Hall–Kier alpha value is -3.77. The molecule has 7 nitrogen and oxygen atoms in total. The number of benzene rings is 2. The molecular formula is C27H29F2N3O4. The molecule has 3 amide bonds. The molecule has 1 aliphatic heterocycles. The summed E-state index contributed by atoms with van der Waals surface area (Å²) in [5.41, 5.74) is -1.24. The lowest BCUT2D eigenvalue weighted by atomic mass is 9.91. The summed E-state index contributed by atoms with van der Waals surface area (Å²) in [5, 5.41) is 0. The number of hydrogen-bond donors (Lipinski definition) is 0. The Morgan fingerprint density at radius 2 is 1.78 bits per heavy atom. The zero-order chi connectivity index (χ0) is 26.3. The summed E-state index contributed by atoms with van der Waals surface area (Å²) in [6.07, 6.45) is 0.923. The van der Waals surface area contributed by atoms with Crippen LogP contribution < -0.4 is 4.90 Å². The number of halogens is 2. The number of piperazine rings is 1. The van der Waals surface area contributed by atoms with Gasteiger partial charge in [-0.3, -0.25) is 9.69 Å². The monoisotopic (exact) mass is 497 g/mol. The van der Waals surface area contributed by atoms with Crippen LogP contribution in [0.4, 0.5) is 19.3 Å². The average Bonchev–Trinajstić information content (AvgIpc) is 2.85. The van der Waals surface area contributed by atoms with Crippen molar-refractivity contribution in [1.29, 1.82) is 0 Å². The van der Waals surface area contributed by atoms with Crippen molar-refractivity contribution in [2.45, 2.75) is 25.3 Å². The van der Waals surface area contributed by atoms with Gasteiger partial charge in [0.25, 0.3) is 0 Å². The van der Waals surface area contributed by atoms with Gasteiger partial charge in [-0.05, 0) is 37.6 Å². The lowest BCUT2D eigenvalue weighted by Crippen LogP contribution is -2.67. The number of ether oxygens (including phenoxy) is 1. The molecule has 1 heterocycles. The van der Waals surface area contributed by atoms with E-state index in [1.807, 2.05) is 6.07 Å². The van der Waals surface area contributed by atoms with Crippen molar-refractivity contribution < 1.29 is 27.9 Å². The first-order valence-corrected chi connectivity index (χ1v) is 11.6. The van der Waals surface area contributed by atoms with Gasteiger partial charge in [0.1, 0.15) is 17.5 Å². The SMILES string of the molecule is COCCCN1CCN(C(=O)N(C)c2c(F)cc(C#Cc3ccccc3)cc2F)C(C)(CC=O)C1=O. The van der Waals surface area contributed by atoms with Crippen molar-refractivity contribution in [2.24, 2.45) is 0 Å². The zero-order valence-electron chi connectivity index (χ0n) is 20.6. The average molecular weight is 498 g/mol. The van der Waals surface area contributed by atoms with E-state index in [1.165, 1.54) is 18.9 Å². The standard InChI is InChI=1S/C27H29F2N3O4/c1-27(12-16-33)25(34)31(13-7-17-36-3)14-15-32(27)26(35)30(2)24-22(28)18-21(19-23(24)29)11-10-20-8-5-4-6-9-20/h4-6,8-9,16,18-19H,7,12-15,17H2,1-3H3. The second-order valence-corrected chi connectivity index (χ2v) is 8.68. The Morgan fingerprint density at radius 3 is 2.39 bits per heavy atom. The smallest absolute Gasteiger partial charge is 0.325 e. The van der Waals surface area contributed by atoms with Crippen LogP contribution in [0.2, 0.25) is 0 Å². The van der Waals surface area contributed by atoms with Crippen molar-refractivity contribution >= 4 is 23.9 Å². The molecule has 9 heteroatoms. The third-order valence-electron chi connectivity index (χ3n) is 6.19. The van der Waals surface area contributed by atoms with Crippen molar-refractivity contribution in [1.82, 2.24) is 9.80 Å². The van der Waals surface area contributed by atoms with Crippen molar-refractivity contribution in [3.05, 3.63) is 65.2 Å². The minimum atomic E-state index is -1.48. The molecule has 1 aliphatic rings. The molecule has 1 unspecified atom stereocenters. The zero-order valence-corrected chi connectivity index (χ0v) is 20.6. The van der Waals surface area contributed by atoms with Gasteiger partial charge < -0.3 is 19.3 Å². The second-order valence-electron chi connectivity index (χ2n) is 8.68. The van der Waals surface area contributed by atoms with Gasteiger partial charge in [-0.1, -0.05) is 30.0 Å². The van der Waals surface area contributed by atoms with Gasteiger partial charge in [0, 0.05) is 57.9 Å². The molecule has 3 rings (SSSR count). The molecular weight excluding hydrogens is 468 g/mol. The molecule has 190 valence electrons. The summed E-state index contributed by atoms with van der Waals surface area (Å²) in [7, 11) is 2.79. The molecule has 36 heavy (non-hydrogen) atoms. The summed E-state index contributed by atoms with van der Waals surface area (Å²) < 4.78 is 35.0. The van der Waals surface area contributed by atoms with E-state index in [-0.39, 0.29) is 25.1 Å². The summed E-state index contributed by atoms with van der Waals surface area (Å²) in [5.74, 6) is 3.22. The van der Waals surface area contributed by atoms with Crippen LogP contribution >= 0.6 is 0 Å². The number of aldehydes is 1. The van der Waals surface area contributed by atoms with Crippen LogP contribution in [0.3, 0.4) is 0 Å². The van der Waals surface area contributed by atoms with Gasteiger partial charge in [0.15, 0.2) is 11.6 Å². The Balaban J connectivity index is 1.85. The molecule has 2 aromatic carbocycles. The first-order valence-electron chi connectivity index (χ1n) is 11.6. The first-order chi connectivity index (χ1) is 17.2. The maximum atomic E-state index is 15.0. The summed E-state index contributed by atoms with van der Waals surface area (Å²) in [4.78, 5) is 41.7. The second kappa shape index (κ2) is 11.8. The van der Waals surface area contributed by atoms with Crippen LogP contribution in [0.1, 0.15) is 30.9 Å². The van der Waals surface area contributed by atoms with Crippen molar-refractivity contribution in [2.75, 3.05) is 45.3 Å². The highest BCUT2D eigenvalue weighted by atomic mass is 19.1. The quantitative estimate of drug-likeness (QED) is 0.334. The van der Waals surface area contributed by atoms with E-state index in [9.17, 15) is 14.4 Å². The summed E-state index contributed by atoms with van der Waals surface area (Å²) in [6, 6.07) is 10.3. The lowest BCUT2D eigenvalue weighted by Gasteiger charge is -2.48. The Bertz CT molecular complexity index is 1160. The lowest BCUT2D eigenvalue weighted by molar-refractivity contribution is -0.148. The molecule has 0 aliphatic carbocycles. The highest BCUT2D eigenvalue weighted by Gasteiger charge is 2.48. The van der Waals surface area contributed by atoms with Crippen molar-refractivity contribution in [3.63, 3.8) is 0 Å². The van der Waals surface area contributed by atoms with Crippen LogP contribution in [0.25, 0.3) is 0 Å². The van der Waals surface area contributed by atoms with E-state index in [1.54, 1.807) is 36.3 Å². The predicted octanol–water partition coefficient (Wildman–Crippen LogP) is 3.45. The highest BCUT2D eigenvalue weighted by Crippen LogP contribution is 2.30. The third-order valence-corrected chi connectivity index (χ3v) is 6.19. The normalized spacial score (nSPS) is 17.4. The number of amides is 3. The third kappa shape index (κ3) is 5.71. The van der Waals surface area contributed by atoms with E-state index >= 15 is 8.78 Å². The number of rotatable bonds is 7. The van der Waals surface area contributed by atoms with Crippen LogP contribution in [-0.4, -0.2) is 74.0 Å². The van der Waals surface area contributed by atoms with E-state index in [4.69, 9.17) is 4.74 Å². The summed E-state index contributed by atoms with van der Waals surface area (Å²) in [6.45, 7) is 2.70. The van der Waals surface area contributed by atoms with Crippen LogP contribution in [-0.2, 0) is 14.3 Å². The molecule has 1 atom stereocenters. The van der Waals surface area contributed by atoms with Gasteiger partial charge in [0.2, 0.25) is 5.91 Å². The molecule has 0 bridgehead atoms. The molecule has 0 aromatic heterocycles. The predicted molar refractivity (Wildman–Crippen MR) is 131 cm³/mol. The van der Waals surface area contributed by atoms with Gasteiger partial charge in [-0.15, -0.1) is 0 Å². The highest BCUT2D eigenvalue weighted by molar-refractivity contribution is 5.99. The van der Waals surface area contributed by atoms with E-state index < -0.39 is 34.8 Å². The van der Waals surface area contributed by atoms with Gasteiger partial charge in [-0.2, -0.15) is 0 Å². The molecule has 0 saturated carbocycles. The Morgan fingerprint density at radius 1 is 1.14 bits per heavy atom. The molecule has 0 radical (unpaired) electrons. The number of carbonyl (C=O) groups is 3. The minimum absolute atomic E-state index is 0.107. The van der Waals surface area contributed by atoms with Crippen molar-refractivity contribution in [3.8, 4) is 11.8 Å². The van der Waals surface area contributed by atoms with E-state index in [0.717, 1.165) is 17.0 Å². The number of methoxy groups -OCH3 is 1. The fraction of sp³-hybridized carbons (Fsp3) is 0.370. The largest absolute Gasteiger partial charge is 0.385 e. The maximum absolute atomic E-state index is 15.0. The van der Waals surface area contributed by atoms with Crippen LogP contribution in [0.15, 0.2) is 42.5 Å². The molecule has 1 saturated heterocycles. The maximum Gasteiger partial charge on any atom is 0.325 e. The fourth-order valence-corrected chi connectivity index (χ4v) is 4.21. The molecule has 0 N–H and O–H groups in total.